The zero-order chi connectivity index (χ0) is 20.6. The number of carbonyl (C=O) groups excluding carboxylic acids is 1. The number of rotatable bonds is 8. The minimum Gasteiger partial charge on any atom is -0.497 e. The molecule has 0 radical (unpaired) electrons. The molecule has 0 aromatic heterocycles. The summed E-state index contributed by atoms with van der Waals surface area (Å²) in [6.07, 6.45) is 0.487. The van der Waals surface area contributed by atoms with Gasteiger partial charge in [0.1, 0.15) is 24.7 Å². The molecule has 156 valence electrons. The van der Waals surface area contributed by atoms with Crippen LogP contribution in [0.25, 0.3) is 0 Å². The molecule has 3 rings (SSSR count). The number of ether oxygens (including phenoxy) is 4. The fraction of sp³-hybridized carbons (Fsp3) is 0.435. The molecule has 1 saturated heterocycles. The molecule has 0 saturated carbocycles. The first kappa shape index (κ1) is 21.1. The third kappa shape index (κ3) is 6.48. The van der Waals surface area contributed by atoms with E-state index < -0.39 is 0 Å². The lowest BCUT2D eigenvalue weighted by atomic mass is 10.1. The summed E-state index contributed by atoms with van der Waals surface area (Å²) in [5.41, 5.74) is 1.72. The Morgan fingerprint density at radius 1 is 0.966 bits per heavy atom. The van der Waals surface area contributed by atoms with Crippen LogP contribution in [0.4, 0.5) is 0 Å². The normalized spacial score (nSPS) is 19.6. The number of methoxy groups -OCH3 is 1. The van der Waals surface area contributed by atoms with Crippen LogP contribution in [0.1, 0.15) is 29.8 Å². The van der Waals surface area contributed by atoms with Gasteiger partial charge in [-0.3, -0.25) is 4.90 Å². The third-order valence-corrected chi connectivity index (χ3v) is 4.74. The summed E-state index contributed by atoms with van der Waals surface area (Å²) in [7, 11) is 1.62. The molecule has 2 atom stereocenters. The predicted octanol–water partition coefficient (Wildman–Crippen LogP) is 3.54. The smallest absolute Gasteiger partial charge is 0.338 e. The van der Waals surface area contributed by atoms with Gasteiger partial charge < -0.3 is 18.9 Å². The second-order valence-corrected chi connectivity index (χ2v) is 7.31. The van der Waals surface area contributed by atoms with Gasteiger partial charge in [-0.25, -0.2) is 4.79 Å². The largest absolute Gasteiger partial charge is 0.497 e. The van der Waals surface area contributed by atoms with Crippen molar-refractivity contribution >= 4 is 5.97 Å². The molecule has 0 bridgehead atoms. The third-order valence-electron chi connectivity index (χ3n) is 4.74. The second-order valence-electron chi connectivity index (χ2n) is 7.31. The van der Waals surface area contributed by atoms with Crippen molar-refractivity contribution in [2.75, 3.05) is 33.4 Å². The standard InChI is InChI=1S/C23H29NO5/c1-17-14-24(15-18(2)29-17)16-19-4-6-20(7-5-19)23(25)28-13-12-27-22-10-8-21(26-3)9-11-22/h4-11,17-18H,12-16H2,1-3H3. The maximum absolute atomic E-state index is 12.2. The van der Waals surface area contributed by atoms with E-state index >= 15 is 0 Å². The molecule has 1 aliphatic heterocycles. The van der Waals surface area contributed by atoms with Gasteiger partial charge in [0.2, 0.25) is 0 Å². The molecule has 6 heteroatoms. The van der Waals surface area contributed by atoms with E-state index in [0.29, 0.717) is 17.9 Å². The van der Waals surface area contributed by atoms with Gasteiger partial charge in [-0.05, 0) is 55.8 Å². The Balaban J connectivity index is 1.41. The maximum Gasteiger partial charge on any atom is 0.338 e. The van der Waals surface area contributed by atoms with E-state index in [9.17, 15) is 4.79 Å². The summed E-state index contributed by atoms with van der Waals surface area (Å²) in [6, 6.07) is 14.9. The van der Waals surface area contributed by atoms with E-state index in [4.69, 9.17) is 18.9 Å². The van der Waals surface area contributed by atoms with E-state index in [1.807, 2.05) is 48.5 Å². The highest BCUT2D eigenvalue weighted by atomic mass is 16.6. The second kappa shape index (κ2) is 10.3. The summed E-state index contributed by atoms with van der Waals surface area (Å²) in [5, 5.41) is 0. The number of benzene rings is 2. The van der Waals surface area contributed by atoms with E-state index in [1.165, 1.54) is 5.56 Å². The van der Waals surface area contributed by atoms with Crippen molar-refractivity contribution < 1.29 is 23.7 Å². The van der Waals surface area contributed by atoms with Crippen LogP contribution in [0.5, 0.6) is 11.5 Å². The Labute approximate surface area is 172 Å². The molecular formula is C23H29NO5. The molecule has 0 N–H and O–H groups in total. The van der Waals surface area contributed by atoms with Gasteiger partial charge in [-0.2, -0.15) is 0 Å². The molecule has 29 heavy (non-hydrogen) atoms. The lowest BCUT2D eigenvalue weighted by Crippen LogP contribution is -2.44. The first-order valence-corrected chi connectivity index (χ1v) is 9.94. The number of esters is 1. The van der Waals surface area contributed by atoms with Crippen LogP contribution >= 0.6 is 0 Å². The zero-order valence-corrected chi connectivity index (χ0v) is 17.3. The summed E-state index contributed by atoms with van der Waals surface area (Å²) in [6.45, 7) is 7.37. The quantitative estimate of drug-likeness (QED) is 0.500. The van der Waals surface area contributed by atoms with Crippen molar-refractivity contribution in [1.82, 2.24) is 4.90 Å². The highest BCUT2D eigenvalue weighted by Crippen LogP contribution is 2.17. The highest BCUT2D eigenvalue weighted by Gasteiger charge is 2.22. The number of carbonyl (C=O) groups is 1. The number of morpholine rings is 1. The Kier molecular flexibility index (Phi) is 7.49. The molecule has 1 heterocycles. The summed E-state index contributed by atoms with van der Waals surface area (Å²) in [4.78, 5) is 14.6. The van der Waals surface area contributed by atoms with Gasteiger partial charge >= 0.3 is 5.97 Å². The van der Waals surface area contributed by atoms with Crippen molar-refractivity contribution in [2.45, 2.75) is 32.6 Å². The van der Waals surface area contributed by atoms with Crippen molar-refractivity contribution in [2.24, 2.45) is 0 Å². The van der Waals surface area contributed by atoms with Crippen molar-refractivity contribution in [3.05, 3.63) is 59.7 Å². The maximum atomic E-state index is 12.2. The van der Waals surface area contributed by atoms with E-state index in [0.717, 1.165) is 25.4 Å². The van der Waals surface area contributed by atoms with Crippen molar-refractivity contribution in [3.8, 4) is 11.5 Å². The molecular weight excluding hydrogens is 370 g/mol. The fourth-order valence-electron chi connectivity index (χ4n) is 3.47. The van der Waals surface area contributed by atoms with Crippen molar-refractivity contribution in [3.63, 3.8) is 0 Å². The van der Waals surface area contributed by atoms with Crippen LogP contribution in [0, 0.1) is 0 Å². The highest BCUT2D eigenvalue weighted by molar-refractivity contribution is 5.89. The van der Waals surface area contributed by atoms with Gasteiger partial charge in [0.05, 0.1) is 24.9 Å². The fourth-order valence-corrected chi connectivity index (χ4v) is 3.47. The minimum atomic E-state index is -0.344. The molecule has 2 aromatic rings. The Bertz CT molecular complexity index is 765. The number of hydrogen-bond donors (Lipinski definition) is 0. The van der Waals surface area contributed by atoms with Gasteiger partial charge in [-0.15, -0.1) is 0 Å². The Hall–Kier alpha value is -2.57. The average Bonchev–Trinajstić information content (AvgIpc) is 2.71. The molecule has 2 aromatic carbocycles. The monoisotopic (exact) mass is 399 g/mol. The minimum absolute atomic E-state index is 0.191. The van der Waals surface area contributed by atoms with Crippen LogP contribution in [-0.4, -0.2) is 56.5 Å². The summed E-state index contributed by atoms with van der Waals surface area (Å²) >= 11 is 0. The lowest BCUT2D eigenvalue weighted by Gasteiger charge is -2.35. The van der Waals surface area contributed by atoms with E-state index in [2.05, 4.69) is 18.7 Å². The Morgan fingerprint density at radius 3 is 2.21 bits per heavy atom. The molecule has 0 spiro atoms. The molecule has 0 amide bonds. The van der Waals surface area contributed by atoms with E-state index in [-0.39, 0.29) is 24.8 Å². The molecule has 1 fully saturated rings. The molecule has 1 aliphatic rings. The van der Waals surface area contributed by atoms with Crippen LogP contribution in [-0.2, 0) is 16.0 Å². The Morgan fingerprint density at radius 2 is 1.59 bits per heavy atom. The van der Waals surface area contributed by atoms with Crippen LogP contribution in [0.3, 0.4) is 0 Å². The first-order chi connectivity index (χ1) is 14.0. The zero-order valence-electron chi connectivity index (χ0n) is 17.3. The topological polar surface area (TPSA) is 57.2 Å². The molecule has 2 unspecified atom stereocenters. The van der Waals surface area contributed by atoms with Gasteiger partial charge in [0.15, 0.2) is 0 Å². The molecule has 6 nitrogen and oxygen atoms in total. The van der Waals surface area contributed by atoms with Crippen LogP contribution in [0.2, 0.25) is 0 Å². The average molecular weight is 399 g/mol. The first-order valence-electron chi connectivity index (χ1n) is 9.94. The number of nitrogens with zero attached hydrogens (tertiary/aromatic N) is 1. The van der Waals surface area contributed by atoms with Crippen molar-refractivity contribution in [1.29, 1.82) is 0 Å². The lowest BCUT2D eigenvalue weighted by molar-refractivity contribution is -0.0704. The van der Waals surface area contributed by atoms with Gasteiger partial charge in [0, 0.05) is 19.6 Å². The molecule has 0 aliphatic carbocycles. The number of hydrogen-bond acceptors (Lipinski definition) is 6. The van der Waals surface area contributed by atoms with E-state index in [1.54, 1.807) is 7.11 Å². The van der Waals surface area contributed by atoms with Gasteiger partial charge in [0.25, 0.3) is 0 Å². The predicted molar refractivity (Wildman–Crippen MR) is 110 cm³/mol. The van der Waals surface area contributed by atoms with Crippen LogP contribution in [0.15, 0.2) is 48.5 Å². The summed E-state index contributed by atoms with van der Waals surface area (Å²) < 4.78 is 21.7. The van der Waals surface area contributed by atoms with Crippen LogP contribution < -0.4 is 9.47 Å². The SMILES string of the molecule is COc1ccc(OCCOC(=O)c2ccc(CN3CC(C)OC(C)C3)cc2)cc1. The summed E-state index contributed by atoms with van der Waals surface area (Å²) in [5.74, 6) is 1.13. The van der Waals surface area contributed by atoms with Gasteiger partial charge in [-0.1, -0.05) is 12.1 Å².